The predicted molar refractivity (Wildman–Crippen MR) is 95.7 cm³/mol. The van der Waals surface area contributed by atoms with Crippen LogP contribution in [0, 0.1) is 0 Å². The van der Waals surface area contributed by atoms with Gasteiger partial charge in [-0.15, -0.1) is 10.2 Å². The molecule has 1 aromatic heterocycles. The van der Waals surface area contributed by atoms with E-state index < -0.39 is 0 Å². The fourth-order valence-electron chi connectivity index (χ4n) is 2.17. The van der Waals surface area contributed by atoms with Crippen molar-refractivity contribution >= 4 is 11.7 Å². The minimum absolute atomic E-state index is 0.256. The van der Waals surface area contributed by atoms with Gasteiger partial charge in [-0.05, 0) is 42.0 Å². The van der Waals surface area contributed by atoms with E-state index in [4.69, 9.17) is 4.74 Å². The van der Waals surface area contributed by atoms with Gasteiger partial charge in [0.05, 0.1) is 0 Å². The molecule has 1 amide bonds. The van der Waals surface area contributed by atoms with Gasteiger partial charge in [-0.2, -0.15) is 0 Å². The number of amides is 1. The average Bonchev–Trinajstić information content (AvgIpc) is 2.68. The highest BCUT2D eigenvalue weighted by Crippen LogP contribution is 2.21. The fourth-order valence-corrected chi connectivity index (χ4v) is 2.17. The number of anilines is 1. The number of hydrogen-bond donors (Lipinski definition) is 2. The van der Waals surface area contributed by atoms with E-state index >= 15 is 0 Å². The standard InChI is InChI=1S/C19H18N4O2/c1-20-19(24)17-11-12-18(23-22-17)21-13-14-7-9-16(10-8-14)25-15-5-3-2-4-6-15/h2-12H,13H2,1H3,(H,20,24)(H,21,23). The van der Waals surface area contributed by atoms with Crippen LogP contribution in [0.2, 0.25) is 0 Å². The molecule has 0 aliphatic carbocycles. The van der Waals surface area contributed by atoms with Gasteiger partial charge in [0.2, 0.25) is 0 Å². The molecule has 0 saturated heterocycles. The number of nitrogens with one attached hydrogen (secondary N) is 2. The Balaban J connectivity index is 1.56. The van der Waals surface area contributed by atoms with Crippen LogP contribution in [0.3, 0.4) is 0 Å². The summed E-state index contributed by atoms with van der Waals surface area (Å²) in [5.74, 6) is 1.94. The normalized spacial score (nSPS) is 10.1. The third-order valence-electron chi connectivity index (χ3n) is 3.50. The zero-order valence-corrected chi connectivity index (χ0v) is 13.8. The Labute approximate surface area is 145 Å². The largest absolute Gasteiger partial charge is 0.457 e. The number of benzene rings is 2. The molecule has 0 aliphatic rings. The fraction of sp³-hybridized carbons (Fsp3) is 0.105. The quantitative estimate of drug-likeness (QED) is 0.724. The van der Waals surface area contributed by atoms with Crippen LogP contribution in [-0.2, 0) is 6.54 Å². The maximum Gasteiger partial charge on any atom is 0.271 e. The van der Waals surface area contributed by atoms with E-state index in [-0.39, 0.29) is 11.6 Å². The average molecular weight is 334 g/mol. The van der Waals surface area contributed by atoms with Crippen molar-refractivity contribution in [1.82, 2.24) is 15.5 Å². The summed E-state index contributed by atoms with van der Waals surface area (Å²) in [6, 6.07) is 20.8. The van der Waals surface area contributed by atoms with E-state index in [1.807, 2.05) is 54.6 Å². The summed E-state index contributed by atoms with van der Waals surface area (Å²) < 4.78 is 5.76. The highest BCUT2D eigenvalue weighted by molar-refractivity contribution is 5.91. The number of hydrogen-bond acceptors (Lipinski definition) is 5. The number of carbonyl (C=O) groups excluding carboxylic acids is 1. The van der Waals surface area contributed by atoms with Gasteiger partial charge in [0.25, 0.3) is 5.91 Å². The van der Waals surface area contributed by atoms with E-state index in [0.717, 1.165) is 17.1 Å². The van der Waals surface area contributed by atoms with Gasteiger partial charge in [0.15, 0.2) is 5.69 Å². The molecule has 2 N–H and O–H groups in total. The van der Waals surface area contributed by atoms with Crippen molar-refractivity contribution < 1.29 is 9.53 Å². The van der Waals surface area contributed by atoms with Crippen LogP contribution in [0.1, 0.15) is 16.1 Å². The second-order valence-corrected chi connectivity index (χ2v) is 5.30. The summed E-state index contributed by atoms with van der Waals surface area (Å²) >= 11 is 0. The maximum absolute atomic E-state index is 11.4. The van der Waals surface area contributed by atoms with E-state index in [1.54, 1.807) is 19.2 Å². The van der Waals surface area contributed by atoms with Crippen molar-refractivity contribution in [2.75, 3.05) is 12.4 Å². The zero-order chi connectivity index (χ0) is 17.5. The van der Waals surface area contributed by atoms with Crippen molar-refractivity contribution in [3.63, 3.8) is 0 Å². The molecule has 25 heavy (non-hydrogen) atoms. The maximum atomic E-state index is 11.4. The topological polar surface area (TPSA) is 76.1 Å². The first-order valence-electron chi connectivity index (χ1n) is 7.86. The number of aromatic nitrogens is 2. The molecule has 0 fully saturated rings. The molecule has 0 spiro atoms. The Morgan fingerprint density at radius 2 is 1.64 bits per heavy atom. The van der Waals surface area contributed by atoms with Crippen LogP contribution < -0.4 is 15.4 Å². The Kier molecular flexibility index (Phi) is 5.21. The molecule has 0 saturated carbocycles. The smallest absolute Gasteiger partial charge is 0.271 e. The Morgan fingerprint density at radius 3 is 2.28 bits per heavy atom. The van der Waals surface area contributed by atoms with Gasteiger partial charge in [-0.25, -0.2) is 0 Å². The van der Waals surface area contributed by atoms with E-state index in [0.29, 0.717) is 12.4 Å². The monoisotopic (exact) mass is 334 g/mol. The molecule has 2 aromatic carbocycles. The van der Waals surface area contributed by atoms with Crippen LogP contribution in [0.25, 0.3) is 0 Å². The van der Waals surface area contributed by atoms with Gasteiger partial charge in [-0.1, -0.05) is 30.3 Å². The molecule has 0 bridgehead atoms. The molecule has 0 atom stereocenters. The van der Waals surface area contributed by atoms with Gasteiger partial charge in [0.1, 0.15) is 17.3 Å². The molecule has 126 valence electrons. The summed E-state index contributed by atoms with van der Waals surface area (Å²) in [6.45, 7) is 0.597. The molecule has 0 aliphatic heterocycles. The lowest BCUT2D eigenvalue weighted by Gasteiger charge is -2.08. The second kappa shape index (κ2) is 7.92. The van der Waals surface area contributed by atoms with Gasteiger partial charge in [0, 0.05) is 13.6 Å². The molecule has 6 nitrogen and oxygen atoms in total. The molecule has 1 heterocycles. The van der Waals surface area contributed by atoms with Crippen molar-refractivity contribution in [1.29, 1.82) is 0 Å². The first-order valence-corrected chi connectivity index (χ1v) is 7.86. The van der Waals surface area contributed by atoms with Crippen molar-refractivity contribution in [3.05, 3.63) is 78.0 Å². The second-order valence-electron chi connectivity index (χ2n) is 5.30. The number of rotatable bonds is 6. The summed E-state index contributed by atoms with van der Waals surface area (Å²) in [5, 5.41) is 13.5. The minimum atomic E-state index is -0.256. The summed E-state index contributed by atoms with van der Waals surface area (Å²) in [7, 11) is 1.56. The van der Waals surface area contributed by atoms with Crippen molar-refractivity contribution in [3.8, 4) is 11.5 Å². The lowest BCUT2D eigenvalue weighted by molar-refractivity contribution is 0.0957. The summed E-state index contributed by atoms with van der Waals surface area (Å²) in [4.78, 5) is 11.4. The predicted octanol–water partition coefficient (Wildman–Crippen LogP) is 3.24. The highest BCUT2D eigenvalue weighted by Gasteiger charge is 2.05. The van der Waals surface area contributed by atoms with Gasteiger partial charge in [-0.3, -0.25) is 4.79 Å². The van der Waals surface area contributed by atoms with Crippen molar-refractivity contribution in [2.24, 2.45) is 0 Å². The molecule has 6 heteroatoms. The molecule has 0 radical (unpaired) electrons. The molecule has 0 unspecified atom stereocenters. The van der Waals surface area contributed by atoms with Gasteiger partial charge >= 0.3 is 0 Å². The SMILES string of the molecule is CNC(=O)c1ccc(NCc2ccc(Oc3ccccc3)cc2)nn1. The van der Waals surface area contributed by atoms with Crippen LogP contribution >= 0.6 is 0 Å². The number of nitrogens with zero attached hydrogens (tertiary/aromatic N) is 2. The molecule has 3 rings (SSSR count). The Bertz CT molecular complexity index is 818. The number of ether oxygens (including phenoxy) is 1. The lowest BCUT2D eigenvalue weighted by atomic mass is 10.2. The third kappa shape index (κ3) is 4.54. The summed E-state index contributed by atoms with van der Waals surface area (Å²) in [5.41, 5.74) is 1.37. The summed E-state index contributed by atoms with van der Waals surface area (Å²) in [6.07, 6.45) is 0. The van der Waals surface area contributed by atoms with Crippen molar-refractivity contribution in [2.45, 2.75) is 6.54 Å². The van der Waals surface area contributed by atoms with Crippen LogP contribution in [0.5, 0.6) is 11.5 Å². The van der Waals surface area contributed by atoms with Crippen LogP contribution in [0.15, 0.2) is 66.7 Å². The number of para-hydroxylation sites is 1. The van der Waals surface area contributed by atoms with E-state index in [1.165, 1.54) is 0 Å². The van der Waals surface area contributed by atoms with E-state index in [2.05, 4.69) is 20.8 Å². The molecular formula is C19H18N4O2. The zero-order valence-electron chi connectivity index (χ0n) is 13.8. The lowest BCUT2D eigenvalue weighted by Crippen LogP contribution is -2.19. The first-order chi connectivity index (χ1) is 12.2. The van der Waals surface area contributed by atoms with Crippen LogP contribution in [0.4, 0.5) is 5.82 Å². The van der Waals surface area contributed by atoms with Crippen LogP contribution in [-0.4, -0.2) is 23.2 Å². The Morgan fingerprint density at radius 1 is 0.920 bits per heavy atom. The van der Waals surface area contributed by atoms with E-state index in [9.17, 15) is 4.79 Å². The minimum Gasteiger partial charge on any atom is -0.457 e. The number of carbonyl (C=O) groups is 1. The molecule has 3 aromatic rings. The Hall–Kier alpha value is -3.41. The third-order valence-corrected chi connectivity index (χ3v) is 3.50. The first kappa shape index (κ1) is 16.4. The van der Waals surface area contributed by atoms with Gasteiger partial charge < -0.3 is 15.4 Å². The molecular weight excluding hydrogens is 316 g/mol. The highest BCUT2D eigenvalue weighted by atomic mass is 16.5.